The monoisotopic (exact) mass is 724 g/mol. The number of aliphatic hydroxyl groups is 1. The van der Waals surface area contributed by atoms with Crippen LogP contribution in [0.3, 0.4) is 0 Å². The van der Waals surface area contributed by atoms with E-state index >= 15 is 0 Å². The lowest BCUT2D eigenvalue weighted by molar-refractivity contribution is -0.143. The number of rotatable bonds is 6. The number of carbonyl (C=O) groups is 3. The molecule has 13 nitrogen and oxygen atoms in total. The number of imidazole rings is 2. The average molecular weight is 725 g/mol. The van der Waals surface area contributed by atoms with Crippen molar-refractivity contribution in [1.29, 1.82) is 0 Å². The van der Waals surface area contributed by atoms with E-state index in [4.69, 9.17) is 14.7 Å². The Hall–Kier alpha value is -6.21. The molecule has 2 aliphatic heterocycles. The summed E-state index contributed by atoms with van der Waals surface area (Å²) < 4.78 is 4.79. The van der Waals surface area contributed by atoms with Crippen LogP contribution in [0.4, 0.5) is 15.3 Å². The molecule has 4 N–H and O–H groups in total. The first-order chi connectivity index (χ1) is 26.3. The second-order valence-corrected chi connectivity index (χ2v) is 14.4. The van der Waals surface area contributed by atoms with Crippen LogP contribution in [0.2, 0.25) is 0 Å². The molecule has 2 atom stereocenters. The number of anilines is 1. The van der Waals surface area contributed by atoms with Crippen LogP contribution < -0.4 is 10.4 Å². The van der Waals surface area contributed by atoms with Gasteiger partial charge in [0.1, 0.15) is 17.2 Å². The normalized spacial score (nSPS) is 19.0. The molecule has 0 radical (unpaired) electrons. The minimum atomic E-state index is -1.18. The maximum atomic E-state index is 13.9. The van der Waals surface area contributed by atoms with Gasteiger partial charge in [0.15, 0.2) is 0 Å². The van der Waals surface area contributed by atoms with E-state index in [1.54, 1.807) is 34.1 Å². The summed E-state index contributed by atoms with van der Waals surface area (Å²) in [7, 11) is 1.26. The molecule has 3 fully saturated rings. The first-order valence-electron chi connectivity index (χ1n) is 18.4. The number of para-hydroxylation sites is 1. The fourth-order valence-electron chi connectivity index (χ4n) is 7.83. The van der Waals surface area contributed by atoms with Crippen molar-refractivity contribution in [3.8, 4) is 22.3 Å². The van der Waals surface area contributed by atoms with Gasteiger partial charge in [0.25, 0.3) is 5.91 Å². The van der Waals surface area contributed by atoms with Gasteiger partial charge in [-0.15, -0.1) is 0 Å². The van der Waals surface area contributed by atoms with Gasteiger partial charge < -0.3 is 29.6 Å². The van der Waals surface area contributed by atoms with Crippen molar-refractivity contribution in [3.05, 3.63) is 103 Å². The van der Waals surface area contributed by atoms with Gasteiger partial charge >= 0.3 is 12.1 Å². The number of amides is 4. The molecule has 13 heteroatoms. The number of nitrogens with one attached hydrogen (secondary N) is 3. The molecule has 274 valence electrons. The molecule has 0 unspecified atom stereocenters. The zero-order valence-electron chi connectivity index (χ0n) is 29.8. The van der Waals surface area contributed by atoms with Crippen LogP contribution in [-0.2, 0) is 9.53 Å². The molecule has 4 amide bonds. The van der Waals surface area contributed by atoms with Crippen LogP contribution >= 0.6 is 0 Å². The van der Waals surface area contributed by atoms with E-state index in [1.807, 2.05) is 24.3 Å². The van der Waals surface area contributed by atoms with Gasteiger partial charge in [-0.3, -0.25) is 4.79 Å². The largest absolute Gasteiger partial charge is 0.452 e. The highest BCUT2D eigenvalue weighted by Gasteiger charge is 2.52. The standard InChI is InChI=1S/C41H40N8O5/c1-54-39(51)46-49(29-7-3-2-4-8-29)40(52)48-22-6-10-35(48)37-43-31-18-16-28(24-33(31)45-37)26-13-11-25(12-14-26)27-15-17-30-32(23-27)44-36(42-30)34-9-5-21-47(34)38(50)41(53)19-20-41/h2-4,7-8,11-18,23-24,34-35,53H,5-6,9-10,19-22H2,1H3,(H,42,44)(H,43,45)(H,46,51)/t34-,35-/m0/s1. The van der Waals surface area contributed by atoms with Crippen LogP contribution in [0.5, 0.6) is 0 Å². The second kappa shape index (κ2) is 13.3. The number of nitrogens with zero attached hydrogens (tertiary/aromatic N) is 5. The number of urea groups is 1. The number of likely N-dealkylation sites (tertiary alicyclic amines) is 2. The van der Waals surface area contributed by atoms with Crippen LogP contribution in [-0.4, -0.2) is 78.7 Å². The Morgan fingerprint density at radius 3 is 1.81 bits per heavy atom. The van der Waals surface area contributed by atoms with Crippen molar-refractivity contribution in [3.63, 3.8) is 0 Å². The third-order valence-corrected chi connectivity index (χ3v) is 10.9. The highest BCUT2D eigenvalue weighted by atomic mass is 16.5. The molecular weight excluding hydrogens is 685 g/mol. The van der Waals surface area contributed by atoms with Gasteiger partial charge in [-0.1, -0.05) is 54.6 Å². The van der Waals surface area contributed by atoms with Crippen LogP contribution in [0.15, 0.2) is 91.0 Å². The summed E-state index contributed by atoms with van der Waals surface area (Å²) in [6, 6.07) is 28.8. The predicted octanol–water partition coefficient (Wildman–Crippen LogP) is 7.00. The zero-order chi connectivity index (χ0) is 37.0. The molecule has 3 aliphatic rings. The Balaban J connectivity index is 0.924. The quantitative estimate of drug-likeness (QED) is 0.135. The van der Waals surface area contributed by atoms with E-state index in [9.17, 15) is 19.5 Å². The number of fused-ring (bicyclic) bond motifs is 2. The highest BCUT2D eigenvalue weighted by Crippen LogP contribution is 2.42. The lowest BCUT2D eigenvalue weighted by Gasteiger charge is -2.30. The molecule has 4 aromatic carbocycles. The number of aromatic amines is 2. The average Bonchev–Trinajstić information content (AvgIpc) is 3.74. The van der Waals surface area contributed by atoms with E-state index in [1.165, 1.54) is 12.1 Å². The van der Waals surface area contributed by atoms with Crippen molar-refractivity contribution in [2.45, 2.75) is 56.2 Å². The fraction of sp³-hybridized carbons (Fsp3) is 0.293. The number of ether oxygens (including phenoxy) is 1. The Kier molecular flexibility index (Phi) is 8.30. The lowest BCUT2D eigenvalue weighted by Crippen LogP contribution is -2.52. The molecular formula is C41H40N8O5. The summed E-state index contributed by atoms with van der Waals surface area (Å²) in [5, 5.41) is 11.7. The summed E-state index contributed by atoms with van der Waals surface area (Å²) >= 11 is 0. The van der Waals surface area contributed by atoms with Gasteiger partial charge in [0.2, 0.25) is 0 Å². The smallest absolute Gasteiger partial charge is 0.426 e. The molecule has 4 heterocycles. The Labute approximate surface area is 310 Å². The number of aromatic nitrogens is 4. The Morgan fingerprint density at radius 1 is 0.759 bits per heavy atom. The first-order valence-corrected chi connectivity index (χ1v) is 18.4. The van der Waals surface area contributed by atoms with Crippen LogP contribution in [0.1, 0.15) is 62.3 Å². The molecule has 6 aromatic rings. The number of hydrogen-bond acceptors (Lipinski definition) is 7. The third-order valence-electron chi connectivity index (χ3n) is 10.9. The Bertz CT molecular complexity index is 2390. The van der Waals surface area contributed by atoms with Crippen molar-refractivity contribution in [2.24, 2.45) is 0 Å². The molecule has 9 rings (SSSR count). The summed E-state index contributed by atoms with van der Waals surface area (Å²) in [4.78, 5) is 59.2. The second-order valence-electron chi connectivity index (χ2n) is 14.4. The number of hydrazine groups is 1. The minimum Gasteiger partial charge on any atom is -0.452 e. The van der Waals surface area contributed by atoms with E-state index in [0.29, 0.717) is 37.4 Å². The fourth-order valence-corrected chi connectivity index (χ4v) is 7.83. The van der Waals surface area contributed by atoms with E-state index in [-0.39, 0.29) is 24.0 Å². The summed E-state index contributed by atoms with van der Waals surface area (Å²) in [6.45, 7) is 1.16. The summed E-state index contributed by atoms with van der Waals surface area (Å²) in [6.07, 6.45) is 3.57. The molecule has 0 spiro atoms. The van der Waals surface area contributed by atoms with Crippen molar-refractivity contribution in [1.82, 2.24) is 35.2 Å². The number of H-pyrrole nitrogens is 2. The van der Waals surface area contributed by atoms with Gasteiger partial charge in [0, 0.05) is 13.1 Å². The Morgan fingerprint density at radius 2 is 1.28 bits per heavy atom. The minimum absolute atomic E-state index is 0.152. The highest BCUT2D eigenvalue weighted by molar-refractivity contribution is 5.95. The topological polar surface area (TPSA) is 160 Å². The van der Waals surface area contributed by atoms with E-state index in [0.717, 1.165) is 75.8 Å². The first kappa shape index (κ1) is 33.6. The van der Waals surface area contributed by atoms with Crippen molar-refractivity contribution < 1.29 is 24.2 Å². The molecule has 1 aliphatic carbocycles. The number of methoxy groups -OCH3 is 1. The van der Waals surface area contributed by atoms with Crippen molar-refractivity contribution >= 4 is 45.8 Å². The van der Waals surface area contributed by atoms with Gasteiger partial charge in [0.05, 0.1) is 46.9 Å². The maximum Gasteiger partial charge on any atom is 0.426 e. The molecule has 0 bridgehead atoms. The predicted molar refractivity (Wildman–Crippen MR) is 203 cm³/mol. The summed E-state index contributed by atoms with van der Waals surface area (Å²) in [5.74, 6) is 1.29. The maximum absolute atomic E-state index is 13.9. The SMILES string of the molecule is COC(=O)NN(C(=O)N1CCC[C@H]1c1nc2ccc(-c3ccc(-c4ccc5nc([C@@H]6CCCN6C(=O)C6(O)CC6)[nH]c5c4)cc3)cc2[nH]1)c1ccccc1. The van der Waals surface area contributed by atoms with E-state index in [2.05, 4.69) is 57.9 Å². The lowest BCUT2D eigenvalue weighted by atomic mass is 10.00. The zero-order valence-corrected chi connectivity index (χ0v) is 29.8. The number of benzene rings is 4. The van der Waals surface area contributed by atoms with Crippen molar-refractivity contribution in [2.75, 3.05) is 25.2 Å². The van der Waals surface area contributed by atoms with E-state index < -0.39 is 11.7 Å². The number of hydrogen-bond donors (Lipinski definition) is 4. The summed E-state index contributed by atoms with van der Waals surface area (Å²) in [5.41, 5.74) is 9.51. The van der Waals surface area contributed by atoms with Gasteiger partial charge in [-0.2, -0.15) is 5.01 Å². The van der Waals surface area contributed by atoms with Crippen LogP contribution in [0.25, 0.3) is 44.3 Å². The number of carbonyl (C=O) groups excluding carboxylic acids is 3. The molecule has 54 heavy (non-hydrogen) atoms. The van der Waals surface area contributed by atoms with Gasteiger partial charge in [-0.05, 0) is 97.2 Å². The molecule has 1 saturated carbocycles. The molecule has 2 saturated heterocycles. The third kappa shape index (κ3) is 6.09. The molecule has 2 aromatic heterocycles. The van der Waals surface area contributed by atoms with Crippen LogP contribution in [0, 0.1) is 0 Å². The van der Waals surface area contributed by atoms with Gasteiger partial charge in [-0.25, -0.2) is 25.0 Å².